The molecular weight excluding hydrogens is 263 g/mol. The lowest BCUT2D eigenvalue weighted by Gasteiger charge is -2.23. The van der Waals surface area contributed by atoms with E-state index in [1.165, 1.54) is 12.1 Å². The smallest absolute Gasteiger partial charge is 0.325 e. The van der Waals surface area contributed by atoms with Gasteiger partial charge in [0.1, 0.15) is 6.54 Å². The van der Waals surface area contributed by atoms with Crippen LogP contribution in [0.2, 0.25) is 0 Å². The highest BCUT2D eigenvalue weighted by Crippen LogP contribution is 2.31. The Kier molecular flexibility index (Phi) is 3.56. The minimum atomic E-state index is -4.43. The lowest BCUT2D eigenvalue weighted by molar-refractivity contribution is -0.141. The molecule has 1 amide bonds. The molecule has 9 heteroatoms. The highest BCUT2D eigenvalue weighted by molar-refractivity contribution is 5.92. The lowest BCUT2D eigenvalue weighted by atomic mass is 10.3. The summed E-state index contributed by atoms with van der Waals surface area (Å²) in [7, 11) is 0. The van der Waals surface area contributed by atoms with Gasteiger partial charge in [-0.05, 0) is 25.0 Å². The van der Waals surface area contributed by atoms with E-state index in [-0.39, 0.29) is 17.6 Å². The molecule has 1 aromatic rings. The average Bonchev–Trinajstić information content (AvgIpc) is 3.18. The first-order chi connectivity index (χ1) is 8.90. The Hall–Kier alpha value is -1.90. The van der Waals surface area contributed by atoms with Gasteiger partial charge in [-0.1, -0.05) is 0 Å². The zero-order valence-electron chi connectivity index (χ0n) is 9.81. The van der Waals surface area contributed by atoms with Gasteiger partial charge < -0.3 is 10.3 Å². The molecular formula is C10H12F3N5O. The molecule has 0 bridgehead atoms. The van der Waals surface area contributed by atoms with E-state index < -0.39 is 18.6 Å². The van der Waals surface area contributed by atoms with Crippen LogP contribution in [0.15, 0.2) is 12.1 Å². The number of halogens is 3. The number of hydrazine groups is 1. The quantitative estimate of drug-likeness (QED) is 0.631. The number of nitrogen functional groups attached to an aromatic ring is 1. The molecule has 0 unspecified atom stereocenters. The normalized spacial score (nSPS) is 15.2. The molecule has 2 rings (SSSR count). The number of nitrogens with one attached hydrogen (secondary N) is 1. The number of carbonyl (C=O) groups excluding carboxylic acids is 1. The number of alkyl halides is 3. The molecule has 0 atom stereocenters. The fourth-order valence-corrected chi connectivity index (χ4v) is 1.62. The fraction of sp³-hybridized carbons (Fsp3) is 0.500. The molecule has 1 aliphatic rings. The van der Waals surface area contributed by atoms with Crippen LogP contribution in [0.5, 0.6) is 0 Å². The second kappa shape index (κ2) is 5.00. The molecule has 104 valence electrons. The van der Waals surface area contributed by atoms with Crippen molar-refractivity contribution < 1.29 is 18.0 Å². The van der Waals surface area contributed by atoms with E-state index in [2.05, 4.69) is 15.6 Å². The van der Waals surface area contributed by atoms with Gasteiger partial charge in [0.05, 0.1) is 0 Å². The first kappa shape index (κ1) is 13.5. The number of carbonyl (C=O) groups is 1. The summed E-state index contributed by atoms with van der Waals surface area (Å²) in [5.41, 5.74) is 2.09. The maximum Gasteiger partial charge on any atom is 0.406 e. The summed E-state index contributed by atoms with van der Waals surface area (Å²) in [4.78, 5) is 12.8. The minimum absolute atomic E-state index is 0.129. The maximum absolute atomic E-state index is 12.4. The van der Waals surface area contributed by atoms with Crippen molar-refractivity contribution in [3.05, 3.63) is 17.8 Å². The second-order valence-electron chi connectivity index (χ2n) is 4.23. The van der Waals surface area contributed by atoms with Crippen LogP contribution in [0.3, 0.4) is 0 Å². The largest absolute Gasteiger partial charge is 0.406 e. The Morgan fingerprint density at radius 3 is 2.53 bits per heavy atom. The van der Waals surface area contributed by atoms with Crippen LogP contribution >= 0.6 is 0 Å². The Balaban J connectivity index is 2.14. The molecule has 1 saturated carbocycles. The van der Waals surface area contributed by atoms with Crippen LogP contribution in [0, 0.1) is 0 Å². The number of aromatic nitrogens is 2. The molecule has 3 N–H and O–H groups in total. The Labute approximate surface area is 106 Å². The predicted molar refractivity (Wildman–Crippen MR) is 60.0 cm³/mol. The summed E-state index contributed by atoms with van der Waals surface area (Å²) in [6, 6.07) is 2.30. The Morgan fingerprint density at radius 2 is 2.11 bits per heavy atom. The van der Waals surface area contributed by atoms with Crippen LogP contribution in [0.1, 0.15) is 23.3 Å². The van der Waals surface area contributed by atoms with E-state index in [1.54, 1.807) is 0 Å². The van der Waals surface area contributed by atoms with E-state index in [0.717, 1.165) is 4.90 Å². The number of nitrogens with two attached hydrogens (primary N) is 1. The number of hydrogen-bond donors (Lipinski definition) is 2. The van der Waals surface area contributed by atoms with Crippen LogP contribution in [-0.4, -0.2) is 39.8 Å². The number of rotatable bonds is 4. The van der Waals surface area contributed by atoms with E-state index in [9.17, 15) is 18.0 Å². The van der Waals surface area contributed by atoms with Crippen molar-refractivity contribution in [2.45, 2.75) is 25.1 Å². The third-order valence-electron chi connectivity index (χ3n) is 2.63. The van der Waals surface area contributed by atoms with Gasteiger partial charge in [-0.25, -0.2) is 5.84 Å². The summed E-state index contributed by atoms with van der Waals surface area (Å²) >= 11 is 0. The zero-order chi connectivity index (χ0) is 14.0. The van der Waals surface area contributed by atoms with Gasteiger partial charge in [-0.15, -0.1) is 10.2 Å². The molecule has 1 aliphatic carbocycles. The summed E-state index contributed by atoms with van der Waals surface area (Å²) in [6.07, 6.45) is -3.26. The molecule has 0 saturated heterocycles. The third-order valence-corrected chi connectivity index (χ3v) is 2.63. The van der Waals surface area contributed by atoms with E-state index in [0.29, 0.717) is 12.8 Å². The van der Waals surface area contributed by atoms with Crippen LogP contribution < -0.4 is 11.3 Å². The molecule has 0 spiro atoms. The molecule has 1 aromatic heterocycles. The van der Waals surface area contributed by atoms with Gasteiger partial charge in [0.15, 0.2) is 11.5 Å². The van der Waals surface area contributed by atoms with Crippen molar-refractivity contribution in [2.24, 2.45) is 5.84 Å². The molecule has 1 heterocycles. The fourth-order valence-electron chi connectivity index (χ4n) is 1.62. The van der Waals surface area contributed by atoms with Crippen LogP contribution in [0.25, 0.3) is 0 Å². The van der Waals surface area contributed by atoms with Gasteiger partial charge in [0, 0.05) is 6.04 Å². The van der Waals surface area contributed by atoms with Gasteiger partial charge in [-0.2, -0.15) is 13.2 Å². The molecule has 6 nitrogen and oxygen atoms in total. The van der Waals surface area contributed by atoms with E-state index in [1.807, 2.05) is 0 Å². The van der Waals surface area contributed by atoms with Gasteiger partial charge in [0.2, 0.25) is 0 Å². The molecule has 0 aromatic carbocycles. The predicted octanol–water partition coefficient (Wildman–Crippen LogP) is 0.929. The van der Waals surface area contributed by atoms with Crippen molar-refractivity contribution in [2.75, 3.05) is 12.0 Å². The molecule has 19 heavy (non-hydrogen) atoms. The summed E-state index contributed by atoms with van der Waals surface area (Å²) in [5, 5.41) is 7.12. The van der Waals surface area contributed by atoms with E-state index >= 15 is 0 Å². The van der Waals surface area contributed by atoms with Gasteiger partial charge >= 0.3 is 6.18 Å². The maximum atomic E-state index is 12.4. The first-order valence-corrected chi connectivity index (χ1v) is 5.59. The number of hydrogen-bond acceptors (Lipinski definition) is 5. The van der Waals surface area contributed by atoms with Crippen molar-refractivity contribution in [1.82, 2.24) is 15.1 Å². The highest BCUT2D eigenvalue weighted by atomic mass is 19.4. The van der Waals surface area contributed by atoms with Gasteiger partial charge in [0.25, 0.3) is 5.91 Å². The molecule has 1 fully saturated rings. The topological polar surface area (TPSA) is 84.1 Å². The summed E-state index contributed by atoms with van der Waals surface area (Å²) in [5.74, 6) is 4.54. The summed E-state index contributed by atoms with van der Waals surface area (Å²) < 4.78 is 37.3. The lowest BCUT2D eigenvalue weighted by Crippen LogP contribution is -2.41. The molecule has 0 aliphatic heterocycles. The van der Waals surface area contributed by atoms with Crippen molar-refractivity contribution in [3.8, 4) is 0 Å². The summed E-state index contributed by atoms with van der Waals surface area (Å²) in [6.45, 7) is -1.27. The monoisotopic (exact) mass is 275 g/mol. The zero-order valence-corrected chi connectivity index (χ0v) is 9.81. The Morgan fingerprint density at radius 1 is 1.42 bits per heavy atom. The Bertz CT molecular complexity index is 457. The number of amides is 1. The van der Waals surface area contributed by atoms with Crippen molar-refractivity contribution >= 4 is 11.7 Å². The standard InChI is InChI=1S/C10H12F3N5O/c11-10(12,13)5-18(6-1-2-6)9(19)7-3-4-8(15-14)17-16-7/h3-4,6H,1-2,5,14H2,(H,15,17). The first-order valence-electron chi connectivity index (χ1n) is 5.59. The SMILES string of the molecule is NNc1ccc(C(=O)N(CC(F)(F)F)C2CC2)nn1. The van der Waals surface area contributed by atoms with Crippen LogP contribution in [-0.2, 0) is 0 Å². The molecule has 0 radical (unpaired) electrons. The van der Waals surface area contributed by atoms with Crippen LogP contribution in [0.4, 0.5) is 19.0 Å². The number of anilines is 1. The van der Waals surface area contributed by atoms with Gasteiger partial charge in [-0.3, -0.25) is 4.79 Å². The van der Waals surface area contributed by atoms with E-state index in [4.69, 9.17) is 5.84 Å². The van der Waals surface area contributed by atoms with Crippen molar-refractivity contribution in [1.29, 1.82) is 0 Å². The average molecular weight is 275 g/mol. The third kappa shape index (κ3) is 3.53. The minimum Gasteiger partial charge on any atom is -0.325 e. The van der Waals surface area contributed by atoms with Crippen molar-refractivity contribution in [3.63, 3.8) is 0 Å². The number of nitrogens with zero attached hydrogens (tertiary/aromatic N) is 3. The highest BCUT2D eigenvalue weighted by Gasteiger charge is 2.41. The second-order valence-corrected chi connectivity index (χ2v) is 4.23.